The Morgan fingerprint density at radius 3 is 2.92 bits per heavy atom. The van der Waals surface area contributed by atoms with Crippen LogP contribution in [-0.2, 0) is 0 Å². The van der Waals surface area contributed by atoms with Crippen LogP contribution in [0.5, 0.6) is 0 Å². The van der Waals surface area contributed by atoms with Crippen molar-refractivity contribution in [2.45, 2.75) is 19.4 Å². The topological polar surface area (TPSA) is 58.0 Å². The molecule has 4 nitrogen and oxygen atoms in total. The van der Waals surface area contributed by atoms with Crippen LogP contribution in [0.4, 0.5) is 5.82 Å². The van der Waals surface area contributed by atoms with Gasteiger partial charge in [-0.2, -0.15) is 0 Å². The smallest absolute Gasteiger partial charge is 0.134 e. The molecule has 0 radical (unpaired) electrons. The first kappa shape index (κ1) is 10.2. The van der Waals surface area contributed by atoms with E-state index in [0.29, 0.717) is 11.0 Å². The van der Waals surface area contributed by atoms with Gasteiger partial charge >= 0.3 is 0 Å². The number of anilines is 1. The molecule has 0 spiro atoms. The second-order valence-electron chi connectivity index (χ2n) is 2.66. The summed E-state index contributed by atoms with van der Waals surface area (Å²) in [6, 6.07) is 1.64. The minimum absolute atomic E-state index is 0.0194. The highest BCUT2D eigenvalue weighted by molar-refractivity contribution is 6.29. The molecule has 72 valence electrons. The quantitative estimate of drug-likeness (QED) is 0.722. The minimum Gasteiger partial charge on any atom is -0.394 e. The second kappa shape index (κ2) is 4.99. The van der Waals surface area contributed by atoms with E-state index in [-0.39, 0.29) is 12.6 Å². The van der Waals surface area contributed by atoms with Crippen molar-refractivity contribution in [2.24, 2.45) is 0 Å². The third-order valence-corrected chi connectivity index (χ3v) is 1.91. The number of hydrogen-bond donors (Lipinski definition) is 2. The van der Waals surface area contributed by atoms with Crippen LogP contribution in [0, 0.1) is 0 Å². The standard InChI is InChI=1S/C8H12ClN3O/c1-2-6(4-13)12-8-3-7(9)10-5-11-8/h3,5-6,13H,2,4H2,1H3,(H,10,11,12). The van der Waals surface area contributed by atoms with Gasteiger partial charge in [0.25, 0.3) is 0 Å². The zero-order valence-electron chi connectivity index (χ0n) is 7.37. The van der Waals surface area contributed by atoms with Crippen molar-refractivity contribution < 1.29 is 5.11 Å². The van der Waals surface area contributed by atoms with E-state index in [1.807, 2.05) is 6.92 Å². The molecule has 0 bridgehead atoms. The Bertz CT molecular complexity index is 265. The van der Waals surface area contributed by atoms with Gasteiger partial charge in [-0.3, -0.25) is 0 Å². The van der Waals surface area contributed by atoms with Crippen molar-refractivity contribution in [3.8, 4) is 0 Å². The summed E-state index contributed by atoms with van der Waals surface area (Å²) in [4.78, 5) is 7.71. The van der Waals surface area contributed by atoms with Gasteiger partial charge in [-0.05, 0) is 6.42 Å². The summed E-state index contributed by atoms with van der Waals surface area (Å²) in [5, 5.41) is 12.3. The van der Waals surface area contributed by atoms with Crippen LogP contribution in [0.3, 0.4) is 0 Å². The van der Waals surface area contributed by atoms with Crippen LogP contribution in [0.1, 0.15) is 13.3 Å². The number of nitrogens with one attached hydrogen (secondary N) is 1. The SMILES string of the molecule is CCC(CO)Nc1cc(Cl)ncn1. The van der Waals surface area contributed by atoms with E-state index in [0.717, 1.165) is 6.42 Å². The first-order chi connectivity index (χ1) is 6.26. The van der Waals surface area contributed by atoms with Gasteiger partial charge in [-0.15, -0.1) is 0 Å². The molecule has 0 saturated carbocycles. The molecule has 1 unspecified atom stereocenters. The molecule has 2 N–H and O–H groups in total. The lowest BCUT2D eigenvalue weighted by Gasteiger charge is -2.13. The maximum absolute atomic E-state index is 8.92. The van der Waals surface area contributed by atoms with Gasteiger partial charge in [-0.25, -0.2) is 9.97 Å². The number of nitrogens with zero attached hydrogens (tertiary/aromatic N) is 2. The molecule has 13 heavy (non-hydrogen) atoms. The summed E-state index contributed by atoms with van der Waals surface area (Å²) in [5.41, 5.74) is 0. The highest BCUT2D eigenvalue weighted by Crippen LogP contribution is 2.10. The molecule has 0 fully saturated rings. The molecule has 0 aliphatic heterocycles. The minimum atomic E-state index is 0.0194. The summed E-state index contributed by atoms with van der Waals surface area (Å²) in [6.07, 6.45) is 2.22. The normalized spacial score (nSPS) is 12.5. The zero-order chi connectivity index (χ0) is 9.68. The van der Waals surface area contributed by atoms with Gasteiger partial charge < -0.3 is 10.4 Å². The van der Waals surface area contributed by atoms with E-state index in [2.05, 4.69) is 15.3 Å². The number of rotatable bonds is 4. The molecule has 5 heteroatoms. The molecule has 0 saturated heterocycles. The summed E-state index contributed by atoms with van der Waals surface area (Å²) in [5.74, 6) is 0.640. The fourth-order valence-corrected chi connectivity index (χ4v) is 1.05. The van der Waals surface area contributed by atoms with Crippen molar-refractivity contribution >= 4 is 17.4 Å². The van der Waals surface area contributed by atoms with Crippen molar-refractivity contribution in [2.75, 3.05) is 11.9 Å². The molecule has 1 heterocycles. The third-order valence-electron chi connectivity index (χ3n) is 1.70. The Labute approximate surface area is 82.0 Å². The van der Waals surface area contributed by atoms with Crippen molar-refractivity contribution in [3.63, 3.8) is 0 Å². The van der Waals surface area contributed by atoms with Crippen molar-refractivity contribution in [1.82, 2.24) is 9.97 Å². The van der Waals surface area contributed by atoms with Gasteiger partial charge in [0, 0.05) is 6.07 Å². The van der Waals surface area contributed by atoms with E-state index in [4.69, 9.17) is 16.7 Å². The van der Waals surface area contributed by atoms with Gasteiger partial charge in [0.05, 0.1) is 12.6 Å². The Morgan fingerprint density at radius 1 is 1.62 bits per heavy atom. The van der Waals surface area contributed by atoms with Crippen molar-refractivity contribution in [3.05, 3.63) is 17.5 Å². The lowest BCUT2D eigenvalue weighted by Crippen LogP contribution is -2.23. The molecule has 1 aromatic heterocycles. The van der Waals surface area contributed by atoms with Crippen molar-refractivity contribution in [1.29, 1.82) is 0 Å². The van der Waals surface area contributed by atoms with Crippen LogP contribution in [0.15, 0.2) is 12.4 Å². The fourth-order valence-electron chi connectivity index (χ4n) is 0.898. The summed E-state index contributed by atoms with van der Waals surface area (Å²) in [7, 11) is 0. The molecule has 0 aliphatic rings. The van der Waals surface area contributed by atoms with Gasteiger partial charge in [0.1, 0.15) is 17.3 Å². The van der Waals surface area contributed by atoms with Crippen LogP contribution in [0.2, 0.25) is 5.15 Å². The lowest BCUT2D eigenvalue weighted by molar-refractivity contribution is 0.271. The number of halogens is 1. The number of aliphatic hydroxyl groups excluding tert-OH is 1. The Kier molecular flexibility index (Phi) is 3.92. The Morgan fingerprint density at radius 2 is 2.38 bits per heavy atom. The van der Waals surface area contributed by atoms with Gasteiger partial charge in [0.2, 0.25) is 0 Å². The Balaban J connectivity index is 2.62. The number of hydrogen-bond acceptors (Lipinski definition) is 4. The maximum Gasteiger partial charge on any atom is 0.134 e. The van der Waals surface area contributed by atoms with E-state index in [1.54, 1.807) is 6.07 Å². The van der Waals surface area contributed by atoms with E-state index >= 15 is 0 Å². The molecule has 0 aliphatic carbocycles. The van der Waals surface area contributed by atoms with E-state index in [9.17, 15) is 0 Å². The molecule has 0 aromatic carbocycles. The van der Waals surface area contributed by atoms with Crippen LogP contribution in [0.25, 0.3) is 0 Å². The predicted octanol–water partition coefficient (Wildman–Crippen LogP) is 1.31. The largest absolute Gasteiger partial charge is 0.394 e. The molecular weight excluding hydrogens is 190 g/mol. The summed E-state index contributed by atoms with van der Waals surface area (Å²) < 4.78 is 0. The third kappa shape index (κ3) is 3.16. The monoisotopic (exact) mass is 201 g/mol. The average Bonchev–Trinajstić information content (AvgIpc) is 2.14. The van der Waals surface area contributed by atoms with E-state index in [1.165, 1.54) is 6.33 Å². The molecule has 1 aromatic rings. The molecule has 0 amide bonds. The number of aromatic nitrogens is 2. The molecular formula is C8H12ClN3O. The summed E-state index contributed by atoms with van der Waals surface area (Å²) >= 11 is 5.66. The van der Waals surface area contributed by atoms with Gasteiger partial charge in [-0.1, -0.05) is 18.5 Å². The molecule has 1 atom stereocenters. The van der Waals surface area contributed by atoms with Crippen LogP contribution < -0.4 is 5.32 Å². The number of aliphatic hydroxyl groups is 1. The average molecular weight is 202 g/mol. The lowest BCUT2D eigenvalue weighted by atomic mass is 10.2. The highest BCUT2D eigenvalue weighted by Gasteiger charge is 2.04. The first-order valence-corrected chi connectivity index (χ1v) is 4.49. The second-order valence-corrected chi connectivity index (χ2v) is 3.05. The van der Waals surface area contributed by atoms with E-state index < -0.39 is 0 Å². The van der Waals surface area contributed by atoms with Crippen LogP contribution >= 0.6 is 11.6 Å². The fraction of sp³-hybridized carbons (Fsp3) is 0.500. The molecule has 1 rings (SSSR count). The maximum atomic E-state index is 8.92. The summed E-state index contributed by atoms with van der Waals surface area (Å²) in [6.45, 7) is 2.06. The van der Waals surface area contributed by atoms with Crippen LogP contribution in [-0.4, -0.2) is 27.7 Å². The zero-order valence-corrected chi connectivity index (χ0v) is 8.12. The highest BCUT2D eigenvalue weighted by atomic mass is 35.5. The Hall–Kier alpha value is -0.870. The first-order valence-electron chi connectivity index (χ1n) is 4.11. The van der Waals surface area contributed by atoms with Gasteiger partial charge in [0.15, 0.2) is 0 Å². The predicted molar refractivity (Wildman–Crippen MR) is 51.8 cm³/mol.